The molecule has 0 spiro atoms. The van der Waals surface area contributed by atoms with E-state index in [9.17, 15) is 4.57 Å². The van der Waals surface area contributed by atoms with E-state index in [1.54, 1.807) is 0 Å². The summed E-state index contributed by atoms with van der Waals surface area (Å²) in [6.07, 6.45) is 0. The Morgan fingerprint density at radius 1 is 1.05 bits per heavy atom. The van der Waals surface area contributed by atoms with Crippen LogP contribution in [-0.4, -0.2) is 5.66 Å². The molecule has 0 aliphatic carbocycles. The van der Waals surface area contributed by atoms with Crippen LogP contribution in [0.5, 0.6) is 0 Å². The van der Waals surface area contributed by atoms with Crippen LogP contribution in [0.4, 0.5) is 5.69 Å². The Balaban J connectivity index is 2.14. The first-order valence-electron chi connectivity index (χ1n) is 7.06. The normalized spacial score (nSPS) is 21.3. The molecule has 3 rings (SSSR count). The van der Waals surface area contributed by atoms with Crippen molar-refractivity contribution in [1.29, 1.82) is 0 Å². The summed E-state index contributed by atoms with van der Waals surface area (Å²) in [5.41, 5.74) is 3.60. The minimum absolute atomic E-state index is 0.118. The highest BCUT2D eigenvalue weighted by Gasteiger charge is 2.42. The van der Waals surface area contributed by atoms with E-state index < -0.39 is 7.29 Å². The van der Waals surface area contributed by atoms with Crippen molar-refractivity contribution in [2.24, 2.45) is 0 Å². The summed E-state index contributed by atoms with van der Waals surface area (Å²) >= 11 is 0. The van der Waals surface area contributed by atoms with Crippen molar-refractivity contribution < 1.29 is 4.57 Å². The molecule has 2 aromatic rings. The quantitative estimate of drug-likeness (QED) is 0.766. The molecule has 0 saturated heterocycles. The van der Waals surface area contributed by atoms with Crippen LogP contribution in [0.2, 0.25) is 0 Å². The molecule has 1 aliphatic heterocycles. The zero-order chi connectivity index (χ0) is 14.3. The number of rotatable bonds is 2. The minimum atomic E-state index is -2.55. The maximum absolute atomic E-state index is 13.7. The van der Waals surface area contributed by atoms with Gasteiger partial charge in [-0.2, -0.15) is 0 Å². The lowest BCUT2D eigenvalue weighted by Gasteiger charge is -2.30. The van der Waals surface area contributed by atoms with Crippen LogP contribution in [0.25, 0.3) is 0 Å². The topological polar surface area (TPSA) is 20.3 Å². The Labute approximate surface area is 120 Å². The first kappa shape index (κ1) is 13.5. The molecule has 0 amide bonds. The highest BCUT2D eigenvalue weighted by Crippen LogP contribution is 2.59. The molecule has 2 aromatic carbocycles. The highest BCUT2D eigenvalue weighted by molar-refractivity contribution is 7.74. The Kier molecular flexibility index (Phi) is 3.22. The third-order valence-corrected chi connectivity index (χ3v) is 7.66. The van der Waals surface area contributed by atoms with Gasteiger partial charge in [-0.1, -0.05) is 49.7 Å². The summed E-state index contributed by atoms with van der Waals surface area (Å²) in [5, 5.41) is 1.04. The molecule has 1 aliphatic rings. The van der Waals surface area contributed by atoms with Crippen LogP contribution in [0.1, 0.15) is 25.0 Å². The van der Waals surface area contributed by atoms with Crippen LogP contribution < -0.4 is 9.97 Å². The van der Waals surface area contributed by atoms with Crippen LogP contribution >= 0.6 is 7.29 Å². The van der Waals surface area contributed by atoms with Gasteiger partial charge in [-0.3, -0.25) is 4.57 Å². The monoisotopic (exact) mass is 285 g/mol. The predicted octanol–water partition coefficient (Wildman–Crippen LogP) is 4.33. The van der Waals surface area contributed by atoms with Crippen LogP contribution in [0.3, 0.4) is 0 Å². The summed E-state index contributed by atoms with van der Waals surface area (Å²) < 4.78 is 15.8. The summed E-state index contributed by atoms with van der Waals surface area (Å²) in [5.74, 6) is 0. The van der Waals surface area contributed by atoms with Gasteiger partial charge < -0.3 is 4.67 Å². The van der Waals surface area contributed by atoms with E-state index in [2.05, 4.69) is 55.8 Å². The highest BCUT2D eigenvalue weighted by atomic mass is 31.2. The Hall–Kier alpha value is -1.53. The molecule has 1 atom stereocenters. The molecule has 20 heavy (non-hydrogen) atoms. The SMILES string of the molecule is Cc1ccc(N2Cc3ccccc3P2(=O)C(C)C)cc1. The fourth-order valence-corrected chi connectivity index (χ4v) is 5.96. The van der Waals surface area contributed by atoms with Crippen molar-refractivity contribution in [2.75, 3.05) is 4.67 Å². The molecule has 1 unspecified atom stereocenters. The molecule has 3 heteroatoms. The smallest absolute Gasteiger partial charge is 0.204 e. The first-order valence-corrected chi connectivity index (χ1v) is 8.79. The van der Waals surface area contributed by atoms with E-state index in [0.717, 1.165) is 17.5 Å². The van der Waals surface area contributed by atoms with Crippen molar-refractivity contribution in [3.05, 3.63) is 59.7 Å². The predicted molar refractivity (Wildman–Crippen MR) is 86.2 cm³/mol. The number of anilines is 1. The van der Waals surface area contributed by atoms with Crippen molar-refractivity contribution in [3.8, 4) is 0 Å². The van der Waals surface area contributed by atoms with Crippen LogP contribution in [0.15, 0.2) is 48.5 Å². The van der Waals surface area contributed by atoms with Gasteiger partial charge in [0.2, 0.25) is 7.29 Å². The molecule has 0 radical (unpaired) electrons. The third-order valence-electron chi connectivity index (χ3n) is 4.05. The van der Waals surface area contributed by atoms with E-state index in [0.29, 0.717) is 0 Å². The molecule has 0 N–H and O–H groups in total. The van der Waals surface area contributed by atoms with E-state index in [1.165, 1.54) is 11.1 Å². The lowest BCUT2D eigenvalue weighted by atomic mass is 10.2. The maximum atomic E-state index is 13.7. The van der Waals surface area contributed by atoms with E-state index >= 15 is 0 Å². The summed E-state index contributed by atoms with van der Waals surface area (Å²) in [4.78, 5) is 0. The van der Waals surface area contributed by atoms with Gasteiger partial charge in [0.05, 0.1) is 6.54 Å². The van der Waals surface area contributed by atoms with E-state index in [4.69, 9.17) is 0 Å². The molecule has 104 valence electrons. The summed E-state index contributed by atoms with van der Waals surface area (Å²) in [6.45, 7) is 6.94. The lowest BCUT2D eigenvalue weighted by molar-refractivity contribution is 0.573. The minimum Gasteiger partial charge on any atom is -0.314 e. The van der Waals surface area contributed by atoms with Gasteiger partial charge >= 0.3 is 0 Å². The van der Waals surface area contributed by atoms with Gasteiger partial charge in [-0.05, 0) is 30.7 Å². The molecule has 0 fully saturated rings. The van der Waals surface area contributed by atoms with Crippen molar-refractivity contribution in [3.63, 3.8) is 0 Å². The number of hydrogen-bond acceptors (Lipinski definition) is 1. The second kappa shape index (κ2) is 4.79. The van der Waals surface area contributed by atoms with Crippen molar-refractivity contribution in [2.45, 2.75) is 33.0 Å². The van der Waals surface area contributed by atoms with Crippen LogP contribution in [-0.2, 0) is 11.1 Å². The van der Waals surface area contributed by atoms with Gasteiger partial charge in [0, 0.05) is 16.7 Å². The molecule has 0 aromatic heterocycles. The number of aryl methyl sites for hydroxylation is 1. The zero-order valence-corrected chi connectivity index (χ0v) is 13.1. The van der Waals surface area contributed by atoms with Gasteiger partial charge in [0.25, 0.3) is 0 Å². The number of fused-ring (bicyclic) bond motifs is 1. The van der Waals surface area contributed by atoms with E-state index in [-0.39, 0.29) is 5.66 Å². The summed E-state index contributed by atoms with van der Waals surface area (Å²) in [6, 6.07) is 16.5. The standard InChI is InChI=1S/C17H20NOP/c1-13(2)20(19)17-7-5-4-6-15(17)12-18(20)16-10-8-14(3)9-11-16/h4-11,13H,12H2,1-3H3. The van der Waals surface area contributed by atoms with Crippen molar-refractivity contribution >= 4 is 18.3 Å². The number of benzene rings is 2. The molecular weight excluding hydrogens is 265 g/mol. The molecule has 1 heterocycles. The Morgan fingerprint density at radius 3 is 2.35 bits per heavy atom. The molecule has 0 saturated carbocycles. The fourth-order valence-electron chi connectivity index (χ4n) is 2.89. The zero-order valence-electron chi connectivity index (χ0n) is 12.2. The molecule has 0 bridgehead atoms. The van der Waals surface area contributed by atoms with Crippen molar-refractivity contribution in [1.82, 2.24) is 0 Å². The number of hydrogen-bond donors (Lipinski definition) is 0. The van der Waals surface area contributed by atoms with Gasteiger partial charge in [0.1, 0.15) is 0 Å². The van der Waals surface area contributed by atoms with E-state index in [1.807, 2.05) is 18.2 Å². The first-order chi connectivity index (χ1) is 9.53. The van der Waals surface area contributed by atoms with Gasteiger partial charge in [-0.25, -0.2) is 0 Å². The second-order valence-electron chi connectivity index (χ2n) is 5.74. The lowest BCUT2D eigenvalue weighted by Crippen LogP contribution is -2.22. The second-order valence-corrected chi connectivity index (χ2v) is 8.98. The summed E-state index contributed by atoms with van der Waals surface area (Å²) in [7, 11) is -2.55. The Bertz CT molecular complexity index is 676. The fraction of sp³-hybridized carbons (Fsp3) is 0.294. The Morgan fingerprint density at radius 2 is 1.70 bits per heavy atom. The average Bonchev–Trinajstić information content (AvgIpc) is 2.75. The van der Waals surface area contributed by atoms with Gasteiger partial charge in [0.15, 0.2) is 0 Å². The number of nitrogens with zero attached hydrogens (tertiary/aromatic N) is 1. The third kappa shape index (κ3) is 1.91. The molecule has 2 nitrogen and oxygen atoms in total. The molecular formula is C17H20NOP. The largest absolute Gasteiger partial charge is 0.314 e. The maximum Gasteiger partial charge on any atom is 0.204 e. The van der Waals surface area contributed by atoms with Gasteiger partial charge in [-0.15, -0.1) is 0 Å². The van der Waals surface area contributed by atoms with Crippen LogP contribution in [0, 0.1) is 6.92 Å². The average molecular weight is 285 g/mol.